The fraction of sp³-hybridized carbons (Fsp3) is 0.600. The quantitative estimate of drug-likeness (QED) is 0.859. The maximum absolute atomic E-state index is 3.42. The summed E-state index contributed by atoms with van der Waals surface area (Å²) in [7, 11) is 0. The third-order valence-electron chi connectivity index (χ3n) is 4.04. The molecule has 92 valence electrons. The van der Waals surface area contributed by atoms with Gasteiger partial charge in [0.25, 0.3) is 0 Å². The van der Waals surface area contributed by atoms with Crippen LogP contribution in [0.25, 0.3) is 0 Å². The van der Waals surface area contributed by atoms with Crippen molar-refractivity contribution in [1.29, 1.82) is 0 Å². The van der Waals surface area contributed by atoms with Crippen LogP contribution in [-0.4, -0.2) is 31.1 Å². The molecule has 1 aromatic rings. The van der Waals surface area contributed by atoms with Gasteiger partial charge < -0.3 is 10.2 Å². The van der Waals surface area contributed by atoms with Gasteiger partial charge in [-0.05, 0) is 56.0 Å². The highest BCUT2D eigenvalue weighted by atomic mass is 15.1. The molecule has 3 rings (SSSR count). The van der Waals surface area contributed by atoms with Crippen molar-refractivity contribution in [3.8, 4) is 0 Å². The van der Waals surface area contributed by atoms with Gasteiger partial charge in [0.1, 0.15) is 0 Å². The summed E-state index contributed by atoms with van der Waals surface area (Å²) < 4.78 is 0. The van der Waals surface area contributed by atoms with Crippen LogP contribution in [0.15, 0.2) is 18.2 Å². The zero-order chi connectivity index (χ0) is 11.5. The van der Waals surface area contributed by atoms with E-state index in [-0.39, 0.29) is 0 Å². The molecule has 0 aliphatic carbocycles. The van der Waals surface area contributed by atoms with Gasteiger partial charge in [-0.25, -0.2) is 0 Å². The fourth-order valence-corrected chi connectivity index (χ4v) is 2.98. The first-order valence-electron chi connectivity index (χ1n) is 7.00. The van der Waals surface area contributed by atoms with Crippen molar-refractivity contribution in [2.75, 3.05) is 31.5 Å². The molecular weight excluding hydrogens is 208 g/mol. The normalized spacial score (nSPS) is 20.0. The third kappa shape index (κ3) is 2.63. The Bertz CT molecular complexity index is 381. The summed E-state index contributed by atoms with van der Waals surface area (Å²) in [5, 5.41) is 3.42. The van der Waals surface area contributed by atoms with Gasteiger partial charge in [-0.1, -0.05) is 18.6 Å². The van der Waals surface area contributed by atoms with E-state index in [2.05, 4.69) is 28.4 Å². The summed E-state index contributed by atoms with van der Waals surface area (Å²) >= 11 is 0. The molecule has 1 N–H and O–H groups in total. The molecule has 1 aromatic carbocycles. The standard InChI is InChI=1S/C15H22N2/c1-2-9-17(10-3-1)11-7-13-4-5-15-14(12-13)6-8-16-15/h4-5,12,16H,1-3,6-11H2. The summed E-state index contributed by atoms with van der Waals surface area (Å²) in [4.78, 5) is 2.62. The molecule has 0 saturated carbocycles. The van der Waals surface area contributed by atoms with Gasteiger partial charge in [0.05, 0.1) is 0 Å². The van der Waals surface area contributed by atoms with Crippen LogP contribution in [0.3, 0.4) is 0 Å². The molecule has 1 fully saturated rings. The molecular formula is C15H22N2. The summed E-state index contributed by atoms with van der Waals surface area (Å²) in [6.07, 6.45) is 6.64. The van der Waals surface area contributed by atoms with Gasteiger partial charge in [-0.2, -0.15) is 0 Å². The lowest BCUT2D eigenvalue weighted by atomic mass is 10.0. The van der Waals surface area contributed by atoms with E-state index in [9.17, 15) is 0 Å². The largest absolute Gasteiger partial charge is 0.384 e. The molecule has 0 atom stereocenters. The van der Waals surface area contributed by atoms with E-state index in [4.69, 9.17) is 0 Å². The minimum absolute atomic E-state index is 1.12. The van der Waals surface area contributed by atoms with Crippen molar-refractivity contribution in [2.24, 2.45) is 0 Å². The van der Waals surface area contributed by atoms with Gasteiger partial charge in [0.2, 0.25) is 0 Å². The lowest BCUT2D eigenvalue weighted by molar-refractivity contribution is 0.231. The van der Waals surface area contributed by atoms with E-state index in [1.165, 1.54) is 68.6 Å². The second-order valence-corrected chi connectivity index (χ2v) is 5.32. The number of anilines is 1. The first-order chi connectivity index (χ1) is 8.42. The second kappa shape index (κ2) is 5.09. The smallest absolute Gasteiger partial charge is 0.0373 e. The molecule has 2 aliphatic rings. The molecule has 0 aromatic heterocycles. The summed E-state index contributed by atoms with van der Waals surface area (Å²) in [5.74, 6) is 0. The molecule has 0 bridgehead atoms. The van der Waals surface area contributed by atoms with Crippen molar-refractivity contribution in [3.63, 3.8) is 0 Å². The minimum Gasteiger partial charge on any atom is -0.384 e. The number of rotatable bonds is 3. The Hall–Kier alpha value is -1.02. The van der Waals surface area contributed by atoms with E-state index in [1.54, 1.807) is 0 Å². The van der Waals surface area contributed by atoms with Crippen molar-refractivity contribution in [3.05, 3.63) is 29.3 Å². The summed E-state index contributed by atoms with van der Waals surface area (Å²) in [5.41, 5.74) is 4.38. The van der Waals surface area contributed by atoms with Crippen LogP contribution in [0.1, 0.15) is 30.4 Å². The monoisotopic (exact) mass is 230 g/mol. The number of nitrogens with zero attached hydrogens (tertiary/aromatic N) is 1. The number of benzene rings is 1. The first-order valence-corrected chi connectivity index (χ1v) is 7.00. The summed E-state index contributed by atoms with van der Waals surface area (Å²) in [6, 6.07) is 6.95. The lowest BCUT2D eigenvalue weighted by Crippen LogP contribution is -2.31. The zero-order valence-corrected chi connectivity index (χ0v) is 10.5. The SMILES string of the molecule is c1cc2c(cc1CCN1CCCCC1)CCN2. The number of hydrogen-bond donors (Lipinski definition) is 1. The topological polar surface area (TPSA) is 15.3 Å². The van der Waals surface area contributed by atoms with E-state index < -0.39 is 0 Å². The van der Waals surface area contributed by atoms with Crippen molar-refractivity contribution < 1.29 is 0 Å². The van der Waals surface area contributed by atoms with E-state index in [0.717, 1.165) is 6.54 Å². The Morgan fingerprint density at radius 2 is 2.00 bits per heavy atom. The van der Waals surface area contributed by atoms with Crippen LogP contribution in [0.2, 0.25) is 0 Å². The van der Waals surface area contributed by atoms with Crippen LogP contribution < -0.4 is 5.32 Å². The number of nitrogens with one attached hydrogen (secondary N) is 1. The average molecular weight is 230 g/mol. The molecule has 0 unspecified atom stereocenters. The second-order valence-electron chi connectivity index (χ2n) is 5.32. The molecule has 0 spiro atoms. The lowest BCUT2D eigenvalue weighted by Gasteiger charge is -2.26. The molecule has 2 aliphatic heterocycles. The average Bonchev–Trinajstić information content (AvgIpc) is 2.85. The van der Waals surface area contributed by atoms with Crippen LogP contribution in [0.4, 0.5) is 5.69 Å². The minimum atomic E-state index is 1.12. The number of piperidine rings is 1. The maximum Gasteiger partial charge on any atom is 0.0373 e. The zero-order valence-electron chi connectivity index (χ0n) is 10.5. The highest BCUT2D eigenvalue weighted by Gasteiger charge is 2.12. The molecule has 0 amide bonds. The predicted octanol–water partition coefficient (Wildman–Crippen LogP) is 2.68. The van der Waals surface area contributed by atoms with Crippen LogP contribution in [0, 0.1) is 0 Å². The molecule has 2 heteroatoms. The Morgan fingerprint density at radius 1 is 1.12 bits per heavy atom. The van der Waals surface area contributed by atoms with Crippen molar-refractivity contribution in [1.82, 2.24) is 4.90 Å². The molecule has 17 heavy (non-hydrogen) atoms. The Kier molecular flexibility index (Phi) is 3.32. The predicted molar refractivity (Wildman–Crippen MR) is 72.6 cm³/mol. The highest BCUT2D eigenvalue weighted by Crippen LogP contribution is 2.23. The van der Waals surface area contributed by atoms with Crippen molar-refractivity contribution in [2.45, 2.75) is 32.1 Å². The number of fused-ring (bicyclic) bond motifs is 1. The molecule has 2 nitrogen and oxygen atoms in total. The molecule has 0 radical (unpaired) electrons. The van der Waals surface area contributed by atoms with Gasteiger partial charge in [0.15, 0.2) is 0 Å². The van der Waals surface area contributed by atoms with Gasteiger partial charge in [-0.15, -0.1) is 0 Å². The fourth-order valence-electron chi connectivity index (χ4n) is 2.98. The van der Waals surface area contributed by atoms with E-state index >= 15 is 0 Å². The Labute approximate surface area is 104 Å². The first kappa shape index (κ1) is 11.1. The van der Waals surface area contributed by atoms with Crippen molar-refractivity contribution >= 4 is 5.69 Å². The van der Waals surface area contributed by atoms with Crippen LogP contribution in [-0.2, 0) is 12.8 Å². The summed E-state index contributed by atoms with van der Waals surface area (Å²) in [6.45, 7) is 4.98. The Balaban J connectivity index is 1.57. The Morgan fingerprint density at radius 3 is 2.88 bits per heavy atom. The van der Waals surface area contributed by atoms with Crippen LogP contribution in [0.5, 0.6) is 0 Å². The highest BCUT2D eigenvalue weighted by molar-refractivity contribution is 5.56. The van der Waals surface area contributed by atoms with Gasteiger partial charge in [-0.3, -0.25) is 0 Å². The molecule has 2 heterocycles. The van der Waals surface area contributed by atoms with E-state index in [1.807, 2.05) is 0 Å². The van der Waals surface area contributed by atoms with Gasteiger partial charge in [0, 0.05) is 18.8 Å². The number of likely N-dealkylation sites (tertiary alicyclic amines) is 1. The van der Waals surface area contributed by atoms with Crippen LogP contribution >= 0.6 is 0 Å². The number of hydrogen-bond acceptors (Lipinski definition) is 2. The maximum atomic E-state index is 3.42. The third-order valence-corrected chi connectivity index (χ3v) is 4.04. The van der Waals surface area contributed by atoms with E-state index in [0.29, 0.717) is 0 Å². The van der Waals surface area contributed by atoms with Gasteiger partial charge >= 0.3 is 0 Å². The molecule has 1 saturated heterocycles.